The minimum Gasteiger partial charge on any atom is -0.389 e. The van der Waals surface area contributed by atoms with Gasteiger partial charge in [0.2, 0.25) is 0 Å². The molecule has 17 heavy (non-hydrogen) atoms. The van der Waals surface area contributed by atoms with Crippen LogP contribution in [0.15, 0.2) is 42.0 Å². The molecule has 94 valence electrons. The molecule has 0 amide bonds. The molecule has 0 saturated heterocycles. The Hall–Kier alpha value is -0.863. The van der Waals surface area contributed by atoms with Gasteiger partial charge in [0.25, 0.3) is 0 Å². The summed E-state index contributed by atoms with van der Waals surface area (Å²) in [6.07, 6.45) is 2.82. The van der Waals surface area contributed by atoms with Gasteiger partial charge in [-0.2, -0.15) is 0 Å². The lowest BCUT2D eigenvalue weighted by atomic mass is 10.1. The predicted octanol–water partition coefficient (Wildman–Crippen LogP) is 3.25. The third kappa shape index (κ3) is 2.38. The van der Waals surface area contributed by atoms with E-state index in [0.29, 0.717) is 0 Å². The first-order chi connectivity index (χ1) is 7.90. The van der Waals surface area contributed by atoms with E-state index >= 15 is 0 Å². The lowest BCUT2D eigenvalue weighted by molar-refractivity contribution is 0.150. The van der Waals surface area contributed by atoms with Gasteiger partial charge in [-0.05, 0) is 25.8 Å². The van der Waals surface area contributed by atoms with E-state index in [-0.39, 0.29) is 0 Å². The molecule has 1 rings (SSSR count). The van der Waals surface area contributed by atoms with Gasteiger partial charge >= 0.3 is 0 Å². The third-order valence-electron chi connectivity index (χ3n) is 4.13. The van der Waals surface area contributed by atoms with Gasteiger partial charge < -0.3 is 5.11 Å². The number of hydrogen-bond donors (Lipinski definition) is 1. The summed E-state index contributed by atoms with van der Waals surface area (Å²) in [4.78, 5) is 0. The van der Waals surface area contributed by atoms with Crippen molar-refractivity contribution >= 4 is 13.3 Å². The van der Waals surface area contributed by atoms with Gasteiger partial charge in [-0.1, -0.05) is 61.6 Å². The Morgan fingerprint density at radius 2 is 1.82 bits per heavy atom. The minimum atomic E-state index is -1.93. The highest BCUT2D eigenvalue weighted by Gasteiger charge is 2.46. The first kappa shape index (κ1) is 14.2. The molecule has 1 N–H and O–H groups in total. The molecular weight excluding hydrogens is 224 g/mol. The summed E-state index contributed by atoms with van der Waals surface area (Å²) in [6.45, 7) is 10.6. The fourth-order valence-corrected chi connectivity index (χ4v) is 6.06. The van der Waals surface area contributed by atoms with Crippen molar-refractivity contribution in [2.45, 2.75) is 45.5 Å². The Morgan fingerprint density at radius 3 is 2.24 bits per heavy atom. The predicted molar refractivity (Wildman–Crippen MR) is 78.2 cm³/mol. The molecule has 0 heterocycles. The number of hydrogen-bond acceptors (Lipinski definition) is 1. The van der Waals surface area contributed by atoms with Crippen LogP contribution in [0.4, 0.5) is 0 Å². The van der Waals surface area contributed by atoms with E-state index in [2.05, 4.69) is 44.3 Å². The molecule has 2 heteroatoms. The zero-order valence-corrected chi connectivity index (χ0v) is 12.6. The van der Waals surface area contributed by atoms with Crippen molar-refractivity contribution in [2.24, 2.45) is 0 Å². The second kappa shape index (κ2) is 5.19. The second-order valence-electron chi connectivity index (χ2n) is 5.18. The molecule has 0 radical (unpaired) electrons. The molecule has 1 nitrogen and oxygen atoms in total. The van der Waals surface area contributed by atoms with E-state index in [1.807, 2.05) is 26.0 Å². The largest absolute Gasteiger partial charge is 0.389 e. The van der Waals surface area contributed by atoms with Crippen LogP contribution in [0.1, 0.15) is 27.2 Å². The zero-order chi connectivity index (χ0) is 13.1. The Bertz CT molecular complexity index is 395. The van der Waals surface area contributed by atoms with Gasteiger partial charge in [0, 0.05) is 0 Å². The molecule has 1 aromatic carbocycles. The first-order valence-electron chi connectivity index (χ1n) is 6.31. The average Bonchev–Trinajstić information content (AvgIpc) is 2.37. The van der Waals surface area contributed by atoms with E-state index < -0.39 is 13.3 Å². The van der Waals surface area contributed by atoms with Gasteiger partial charge in [-0.15, -0.1) is 0 Å². The molecule has 1 aromatic rings. The number of aliphatic hydroxyl groups is 1. The van der Waals surface area contributed by atoms with Crippen LogP contribution in [-0.2, 0) is 0 Å². The Balaban J connectivity index is 3.29. The average molecular weight is 248 g/mol. The van der Waals surface area contributed by atoms with Crippen LogP contribution in [0.3, 0.4) is 0 Å². The van der Waals surface area contributed by atoms with Crippen LogP contribution in [0.2, 0.25) is 13.1 Å². The molecule has 0 saturated carbocycles. The molecule has 0 aliphatic carbocycles. The van der Waals surface area contributed by atoms with Crippen LogP contribution in [-0.4, -0.2) is 18.4 Å². The topological polar surface area (TPSA) is 20.2 Å². The molecule has 0 bridgehead atoms. The first-order valence-corrected chi connectivity index (χ1v) is 9.31. The lowest BCUT2D eigenvalue weighted by Gasteiger charge is -2.42. The summed E-state index contributed by atoms with van der Waals surface area (Å²) < 4.78 is 0. The maximum absolute atomic E-state index is 11.1. The van der Waals surface area contributed by atoms with Gasteiger partial charge in [0.1, 0.15) is 8.07 Å². The molecule has 0 unspecified atom stereocenters. The van der Waals surface area contributed by atoms with Crippen molar-refractivity contribution in [1.82, 2.24) is 0 Å². The molecule has 0 spiro atoms. The molecular formula is C15H24OSi. The fourth-order valence-electron chi connectivity index (χ4n) is 2.55. The van der Waals surface area contributed by atoms with Crippen LogP contribution in [0.5, 0.6) is 0 Å². The normalized spacial score (nSPS) is 16.7. The standard InChI is InChI=1S/C15H24OSi/c1-6-13(3)15(16,7-2)17(4,5)14-11-9-8-10-12-14/h6,8-12,16H,7H2,1-5H3/b13-6+/t15-/m0/s1. The van der Waals surface area contributed by atoms with Crippen LogP contribution in [0.25, 0.3) is 0 Å². The van der Waals surface area contributed by atoms with Gasteiger partial charge in [0.05, 0.1) is 5.22 Å². The van der Waals surface area contributed by atoms with Crippen molar-refractivity contribution in [3.8, 4) is 0 Å². The monoisotopic (exact) mass is 248 g/mol. The minimum absolute atomic E-state index is 0.650. The molecule has 0 aromatic heterocycles. The number of allylic oxidation sites excluding steroid dienone is 1. The SMILES string of the molecule is C/C=C(\C)[C@](O)(CC)[Si](C)(C)c1ccccc1. The summed E-state index contributed by atoms with van der Waals surface area (Å²) in [5.74, 6) is 0. The third-order valence-corrected chi connectivity index (χ3v) is 8.72. The zero-order valence-electron chi connectivity index (χ0n) is 11.6. The van der Waals surface area contributed by atoms with E-state index in [0.717, 1.165) is 12.0 Å². The van der Waals surface area contributed by atoms with Crippen LogP contribution in [0, 0.1) is 0 Å². The number of benzene rings is 1. The van der Waals surface area contributed by atoms with Crippen molar-refractivity contribution in [3.05, 3.63) is 42.0 Å². The summed E-state index contributed by atoms with van der Waals surface area (Å²) in [5.41, 5.74) is 1.10. The molecule has 0 aliphatic rings. The van der Waals surface area contributed by atoms with Crippen molar-refractivity contribution < 1.29 is 5.11 Å². The van der Waals surface area contributed by atoms with Crippen molar-refractivity contribution in [1.29, 1.82) is 0 Å². The summed E-state index contributed by atoms with van der Waals surface area (Å²) in [7, 11) is -1.93. The lowest BCUT2D eigenvalue weighted by Crippen LogP contribution is -2.62. The van der Waals surface area contributed by atoms with Crippen molar-refractivity contribution in [3.63, 3.8) is 0 Å². The van der Waals surface area contributed by atoms with Gasteiger partial charge in [0.15, 0.2) is 0 Å². The Labute approximate surface area is 106 Å². The summed E-state index contributed by atoms with van der Waals surface area (Å²) >= 11 is 0. The maximum Gasteiger partial charge on any atom is 0.122 e. The quantitative estimate of drug-likeness (QED) is 0.640. The fraction of sp³-hybridized carbons (Fsp3) is 0.467. The number of rotatable bonds is 4. The van der Waals surface area contributed by atoms with Crippen molar-refractivity contribution in [2.75, 3.05) is 0 Å². The highest BCUT2D eigenvalue weighted by Crippen LogP contribution is 2.31. The summed E-state index contributed by atoms with van der Waals surface area (Å²) in [6, 6.07) is 10.4. The van der Waals surface area contributed by atoms with E-state index in [4.69, 9.17) is 0 Å². The second-order valence-corrected chi connectivity index (χ2v) is 9.83. The molecule has 0 fully saturated rings. The van der Waals surface area contributed by atoms with E-state index in [1.54, 1.807) is 0 Å². The smallest absolute Gasteiger partial charge is 0.122 e. The highest BCUT2D eigenvalue weighted by molar-refractivity contribution is 6.92. The molecule has 0 aliphatic heterocycles. The Morgan fingerprint density at radius 1 is 1.29 bits per heavy atom. The molecule has 1 atom stereocenters. The Kier molecular flexibility index (Phi) is 4.34. The van der Waals surface area contributed by atoms with Crippen LogP contribution < -0.4 is 5.19 Å². The van der Waals surface area contributed by atoms with Crippen LogP contribution >= 0.6 is 0 Å². The summed E-state index contributed by atoms with van der Waals surface area (Å²) in [5, 5.41) is 11.7. The van der Waals surface area contributed by atoms with Gasteiger partial charge in [-0.25, -0.2) is 0 Å². The van der Waals surface area contributed by atoms with Gasteiger partial charge in [-0.3, -0.25) is 0 Å². The van der Waals surface area contributed by atoms with E-state index in [1.165, 1.54) is 5.19 Å². The van der Waals surface area contributed by atoms with E-state index in [9.17, 15) is 5.11 Å². The highest BCUT2D eigenvalue weighted by atomic mass is 28.3. The maximum atomic E-state index is 11.1.